The molecule has 0 bridgehead atoms. The number of hydrogen-bond acceptors (Lipinski definition) is 4. The van der Waals surface area contributed by atoms with Gasteiger partial charge in [0.05, 0.1) is 11.0 Å². The first-order chi connectivity index (χ1) is 11.5. The normalized spacial score (nSPS) is 12.6. The van der Waals surface area contributed by atoms with Crippen LogP contribution in [-0.2, 0) is 9.59 Å². The van der Waals surface area contributed by atoms with Crippen LogP contribution >= 0.6 is 24.2 Å². The number of hydrogen-bond donors (Lipinski definition) is 3. The largest absolute Gasteiger partial charge is 0.351 e. The van der Waals surface area contributed by atoms with Crippen LogP contribution in [0.15, 0.2) is 24.3 Å². The van der Waals surface area contributed by atoms with Crippen LogP contribution in [0.4, 0.5) is 5.69 Å². The van der Waals surface area contributed by atoms with E-state index in [1.807, 2.05) is 38.1 Å². The van der Waals surface area contributed by atoms with Gasteiger partial charge in [0.2, 0.25) is 11.8 Å². The molecule has 2 amide bonds. The molecule has 4 N–H and O–H groups in total. The number of unbranched alkanes of at least 4 members (excludes halogenated alkanes) is 1. The van der Waals surface area contributed by atoms with E-state index in [-0.39, 0.29) is 41.3 Å². The summed E-state index contributed by atoms with van der Waals surface area (Å²) in [6.45, 7) is 6.36. The van der Waals surface area contributed by atoms with Gasteiger partial charge in [0.15, 0.2) is 0 Å². The molecule has 1 aromatic rings. The van der Waals surface area contributed by atoms with Crippen LogP contribution in [0.2, 0.25) is 0 Å². The molecule has 2 atom stereocenters. The van der Waals surface area contributed by atoms with E-state index >= 15 is 0 Å². The fraction of sp³-hybridized carbons (Fsp3) is 0.556. The van der Waals surface area contributed by atoms with Gasteiger partial charge in [-0.2, -0.15) is 0 Å². The maximum atomic E-state index is 12.2. The van der Waals surface area contributed by atoms with E-state index in [2.05, 4.69) is 17.6 Å². The number of carbonyl (C=O) groups is 2. The van der Waals surface area contributed by atoms with Gasteiger partial charge >= 0.3 is 0 Å². The van der Waals surface area contributed by atoms with Gasteiger partial charge in [0, 0.05) is 18.3 Å². The Morgan fingerprint density at radius 3 is 2.44 bits per heavy atom. The second-order valence-corrected chi connectivity index (χ2v) is 7.28. The molecule has 142 valence electrons. The minimum Gasteiger partial charge on any atom is -0.351 e. The SMILES string of the molecule is CCCCC(CN)NC(=O)C(C)SCC(=O)Nc1ccc(C)cc1.Cl. The van der Waals surface area contributed by atoms with Crippen molar-refractivity contribution in [2.75, 3.05) is 17.6 Å². The number of thioether (sulfide) groups is 1. The lowest BCUT2D eigenvalue weighted by molar-refractivity contribution is -0.121. The number of rotatable bonds is 10. The van der Waals surface area contributed by atoms with Crippen LogP contribution in [0.5, 0.6) is 0 Å². The molecule has 0 aliphatic rings. The van der Waals surface area contributed by atoms with Gasteiger partial charge < -0.3 is 16.4 Å². The smallest absolute Gasteiger partial charge is 0.234 e. The Morgan fingerprint density at radius 2 is 1.88 bits per heavy atom. The van der Waals surface area contributed by atoms with Gasteiger partial charge in [0.1, 0.15) is 0 Å². The van der Waals surface area contributed by atoms with Gasteiger partial charge in [-0.25, -0.2) is 0 Å². The molecule has 7 heteroatoms. The predicted octanol–water partition coefficient (Wildman–Crippen LogP) is 3.11. The van der Waals surface area contributed by atoms with Crippen molar-refractivity contribution >= 4 is 41.7 Å². The highest BCUT2D eigenvalue weighted by atomic mass is 35.5. The van der Waals surface area contributed by atoms with E-state index in [1.54, 1.807) is 0 Å². The summed E-state index contributed by atoms with van der Waals surface area (Å²) >= 11 is 1.33. The molecule has 5 nitrogen and oxygen atoms in total. The fourth-order valence-corrected chi connectivity index (χ4v) is 2.82. The van der Waals surface area contributed by atoms with Crippen LogP contribution in [0.3, 0.4) is 0 Å². The highest BCUT2D eigenvalue weighted by Gasteiger charge is 2.18. The Morgan fingerprint density at radius 1 is 1.24 bits per heavy atom. The minimum absolute atomic E-state index is 0. The summed E-state index contributed by atoms with van der Waals surface area (Å²) in [4.78, 5) is 24.1. The summed E-state index contributed by atoms with van der Waals surface area (Å²) in [5.41, 5.74) is 7.61. The number of nitrogens with one attached hydrogen (secondary N) is 2. The van der Waals surface area contributed by atoms with Crippen molar-refractivity contribution in [1.29, 1.82) is 0 Å². The Balaban J connectivity index is 0.00000576. The van der Waals surface area contributed by atoms with Crippen LogP contribution in [0.25, 0.3) is 0 Å². The van der Waals surface area contributed by atoms with Crippen LogP contribution in [0.1, 0.15) is 38.7 Å². The molecule has 0 aromatic heterocycles. The maximum Gasteiger partial charge on any atom is 0.234 e. The number of anilines is 1. The monoisotopic (exact) mass is 387 g/mol. The van der Waals surface area contributed by atoms with Gasteiger partial charge in [0.25, 0.3) is 0 Å². The summed E-state index contributed by atoms with van der Waals surface area (Å²) < 4.78 is 0. The molecule has 0 radical (unpaired) electrons. The van der Waals surface area contributed by atoms with Gasteiger partial charge in [-0.3, -0.25) is 9.59 Å². The zero-order valence-electron chi connectivity index (χ0n) is 15.2. The number of aryl methyl sites for hydroxylation is 1. The average Bonchev–Trinajstić information content (AvgIpc) is 2.58. The lowest BCUT2D eigenvalue weighted by Crippen LogP contribution is -2.43. The summed E-state index contributed by atoms with van der Waals surface area (Å²) in [6, 6.07) is 7.65. The summed E-state index contributed by atoms with van der Waals surface area (Å²) in [5, 5.41) is 5.51. The van der Waals surface area contributed by atoms with Crippen molar-refractivity contribution < 1.29 is 9.59 Å². The first-order valence-electron chi connectivity index (χ1n) is 8.44. The molecule has 0 fully saturated rings. The number of nitrogens with two attached hydrogens (primary N) is 1. The Kier molecular flexibility index (Phi) is 12.4. The topological polar surface area (TPSA) is 84.2 Å². The molecule has 0 saturated carbocycles. The lowest BCUT2D eigenvalue weighted by atomic mass is 10.1. The first kappa shape index (κ1) is 23.8. The second kappa shape index (κ2) is 13.0. The maximum absolute atomic E-state index is 12.2. The minimum atomic E-state index is -0.288. The standard InChI is InChI=1S/C18H29N3O2S.ClH/c1-4-5-6-16(11-19)21-18(23)14(3)24-12-17(22)20-15-9-7-13(2)8-10-15;/h7-10,14,16H,4-6,11-12,19H2,1-3H3,(H,20,22)(H,21,23);1H. The third kappa shape index (κ3) is 9.72. The van der Waals surface area contributed by atoms with Crippen molar-refractivity contribution in [3.8, 4) is 0 Å². The fourth-order valence-electron chi connectivity index (χ4n) is 2.13. The molecular weight excluding hydrogens is 358 g/mol. The van der Waals surface area contributed by atoms with Crippen LogP contribution in [-0.4, -0.2) is 35.4 Å². The van der Waals surface area contributed by atoms with Crippen LogP contribution < -0.4 is 16.4 Å². The predicted molar refractivity (Wildman–Crippen MR) is 109 cm³/mol. The molecule has 1 rings (SSSR count). The molecule has 0 aliphatic heterocycles. The van der Waals surface area contributed by atoms with Crippen LogP contribution in [0, 0.1) is 6.92 Å². The van der Waals surface area contributed by atoms with E-state index in [9.17, 15) is 9.59 Å². The van der Waals surface area contributed by atoms with Crippen molar-refractivity contribution in [2.45, 2.75) is 51.3 Å². The molecule has 25 heavy (non-hydrogen) atoms. The highest BCUT2D eigenvalue weighted by molar-refractivity contribution is 8.01. The van der Waals surface area contributed by atoms with Crippen molar-refractivity contribution in [3.05, 3.63) is 29.8 Å². The molecule has 2 unspecified atom stereocenters. The van der Waals surface area contributed by atoms with Crippen molar-refractivity contribution in [2.24, 2.45) is 5.73 Å². The van der Waals surface area contributed by atoms with Crippen molar-refractivity contribution in [1.82, 2.24) is 5.32 Å². The van der Waals surface area contributed by atoms with E-state index in [0.29, 0.717) is 6.54 Å². The number of carbonyl (C=O) groups excluding carboxylic acids is 2. The molecule has 1 aromatic carbocycles. The molecule has 0 heterocycles. The number of halogens is 1. The quantitative estimate of drug-likeness (QED) is 0.575. The highest BCUT2D eigenvalue weighted by Crippen LogP contribution is 2.13. The second-order valence-electron chi connectivity index (χ2n) is 5.95. The zero-order valence-corrected chi connectivity index (χ0v) is 16.8. The van der Waals surface area contributed by atoms with Crippen molar-refractivity contribution in [3.63, 3.8) is 0 Å². The lowest BCUT2D eigenvalue weighted by Gasteiger charge is -2.19. The van der Waals surface area contributed by atoms with E-state index in [1.165, 1.54) is 11.8 Å². The first-order valence-corrected chi connectivity index (χ1v) is 9.49. The molecule has 0 aliphatic carbocycles. The Labute approximate surface area is 161 Å². The van der Waals surface area contributed by atoms with Gasteiger partial charge in [-0.05, 0) is 32.4 Å². The van der Waals surface area contributed by atoms with E-state index in [0.717, 1.165) is 30.5 Å². The third-order valence-electron chi connectivity index (χ3n) is 3.71. The molecular formula is C18H30ClN3O2S. The summed E-state index contributed by atoms with van der Waals surface area (Å²) in [7, 11) is 0. The summed E-state index contributed by atoms with van der Waals surface area (Å²) in [5.74, 6) is 0.0737. The third-order valence-corrected chi connectivity index (χ3v) is 4.85. The number of benzene rings is 1. The average molecular weight is 388 g/mol. The van der Waals surface area contributed by atoms with E-state index < -0.39 is 0 Å². The molecule has 0 saturated heterocycles. The van der Waals surface area contributed by atoms with Gasteiger partial charge in [-0.15, -0.1) is 24.2 Å². The molecule has 0 spiro atoms. The Hall–Kier alpha value is -1.24. The van der Waals surface area contributed by atoms with Gasteiger partial charge in [-0.1, -0.05) is 37.5 Å². The zero-order chi connectivity index (χ0) is 17.9. The summed E-state index contributed by atoms with van der Waals surface area (Å²) in [6.07, 6.45) is 3.02. The Bertz CT molecular complexity index is 526. The van der Waals surface area contributed by atoms with E-state index in [4.69, 9.17) is 5.73 Å². The number of amides is 2.